The van der Waals surface area contributed by atoms with Crippen LogP contribution in [0.3, 0.4) is 0 Å². The van der Waals surface area contributed by atoms with Gasteiger partial charge >= 0.3 is 0 Å². The fourth-order valence-electron chi connectivity index (χ4n) is 2.58. The van der Waals surface area contributed by atoms with Crippen LogP contribution in [0.4, 0.5) is 0 Å². The first-order chi connectivity index (χ1) is 10.6. The van der Waals surface area contributed by atoms with E-state index in [-0.39, 0.29) is 24.9 Å². The Hall–Kier alpha value is -1.89. The van der Waals surface area contributed by atoms with Gasteiger partial charge in [-0.25, -0.2) is 4.98 Å². The zero-order chi connectivity index (χ0) is 15.5. The van der Waals surface area contributed by atoms with Gasteiger partial charge in [0.1, 0.15) is 11.9 Å². The minimum Gasteiger partial charge on any atom is -0.444 e. The van der Waals surface area contributed by atoms with Crippen LogP contribution in [0.2, 0.25) is 0 Å². The van der Waals surface area contributed by atoms with Crippen LogP contribution < -0.4 is 5.32 Å². The van der Waals surface area contributed by atoms with Crippen LogP contribution in [0.15, 0.2) is 10.6 Å². The molecule has 1 unspecified atom stereocenters. The Morgan fingerprint density at radius 2 is 2.23 bits per heavy atom. The quantitative estimate of drug-likeness (QED) is 0.828. The zero-order valence-corrected chi connectivity index (χ0v) is 12.5. The van der Waals surface area contributed by atoms with Gasteiger partial charge in [0, 0.05) is 12.5 Å². The molecule has 1 saturated heterocycles. The number of oxazole rings is 1. The minimum absolute atomic E-state index is 0.0283. The fourth-order valence-corrected chi connectivity index (χ4v) is 2.58. The Bertz CT molecular complexity index is 553. The summed E-state index contributed by atoms with van der Waals surface area (Å²) in [5.41, 5.74) is 0. The van der Waals surface area contributed by atoms with Gasteiger partial charge in [0.15, 0.2) is 5.89 Å². The Kier molecular flexibility index (Phi) is 4.42. The van der Waals surface area contributed by atoms with Crippen molar-refractivity contribution in [1.29, 1.82) is 0 Å². The highest BCUT2D eigenvalue weighted by Crippen LogP contribution is 2.39. The molecule has 0 aromatic carbocycles. The molecule has 2 amide bonds. The summed E-state index contributed by atoms with van der Waals surface area (Å²) in [6.45, 7) is 0.750. The van der Waals surface area contributed by atoms with Crippen molar-refractivity contribution >= 4 is 11.8 Å². The van der Waals surface area contributed by atoms with Crippen molar-refractivity contribution < 1.29 is 19.1 Å². The van der Waals surface area contributed by atoms with Gasteiger partial charge in [-0.15, -0.1) is 0 Å². The summed E-state index contributed by atoms with van der Waals surface area (Å²) in [6.07, 6.45) is 4.96. The van der Waals surface area contributed by atoms with E-state index >= 15 is 0 Å². The Balaban J connectivity index is 1.47. The van der Waals surface area contributed by atoms with E-state index in [0.29, 0.717) is 24.6 Å². The summed E-state index contributed by atoms with van der Waals surface area (Å²) in [6, 6.07) is 0. The third kappa shape index (κ3) is 3.65. The third-order valence-electron chi connectivity index (χ3n) is 4.04. The highest BCUT2D eigenvalue weighted by Gasteiger charge is 2.29. The fraction of sp³-hybridized carbons (Fsp3) is 0.667. The topological polar surface area (TPSA) is 95.7 Å². The second-order valence-electron chi connectivity index (χ2n) is 5.99. The summed E-state index contributed by atoms with van der Waals surface area (Å²) < 4.78 is 5.56. The summed E-state index contributed by atoms with van der Waals surface area (Å²) in [5.74, 6) is 1.20. The van der Waals surface area contributed by atoms with Crippen LogP contribution in [0.5, 0.6) is 0 Å². The van der Waals surface area contributed by atoms with Crippen LogP contribution in [0.1, 0.15) is 49.7 Å². The number of nitrogens with one attached hydrogen (secondary N) is 1. The molecule has 1 aliphatic carbocycles. The predicted octanol–water partition coefficient (Wildman–Crippen LogP) is 0.542. The van der Waals surface area contributed by atoms with E-state index in [1.165, 1.54) is 4.90 Å². The second kappa shape index (κ2) is 6.48. The molecule has 1 aliphatic heterocycles. The molecule has 3 rings (SSSR count). The Morgan fingerprint density at radius 1 is 1.41 bits per heavy atom. The lowest BCUT2D eigenvalue weighted by Gasteiger charge is -2.21. The molecule has 1 aromatic heterocycles. The van der Waals surface area contributed by atoms with Gasteiger partial charge in [0.05, 0.1) is 19.3 Å². The lowest BCUT2D eigenvalue weighted by Crippen LogP contribution is -2.44. The van der Waals surface area contributed by atoms with Crippen molar-refractivity contribution in [3.63, 3.8) is 0 Å². The highest BCUT2D eigenvalue weighted by atomic mass is 16.4. The first kappa shape index (κ1) is 15.0. The van der Waals surface area contributed by atoms with Crippen molar-refractivity contribution in [2.45, 2.75) is 50.7 Å². The van der Waals surface area contributed by atoms with Crippen molar-refractivity contribution in [1.82, 2.24) is 15.2 Å². The molecule has 120 valence electrons. The molecule has 7 heteroatoms. The van der Waals surface area contributed by atoms with Crippen molar-refractivity contribution in [2.24, 2.45) is 0 Å². The molecule has 2 N–H and O–H groups in total. The Labute approximate surface area is 128 Å². The van der Waals surface area contributed by atoms with Gasteiger partial charge < -0.3 is 19.7 Å². The highest BCUT2D eigenvalue weighted by molar-refractivity contribution is 5.87. The molecule has 0 radical (unpaired) electrons. The third-order valence-corrected chi connectivity index (χ3v) is 4.04. The number of hydrogen-bond donors (Lipinski definition) is 2. The molecule has 1 atom stereocenters. The van der Waals surface area contributed by atoms with Gasteiger partial charge in [-0.1, -0.05) is 0 Å². The summed E-state index contributed by atoms with van der Waals surface area (Å²) in [5, 5.41) is 12.4. The van der Waals surface area contributed by atoms with Crippen LogP contribution in [-0.4, -0.2) is 46.0 Å². The predicted molar refractivity (Wildman–Crippen MR) is 76.8 cm³/mol. The summed E-state index contributed by atoms with van der Waals surface area (Å²) in [7, 11) is 0. The average molecular weight is 307 g/mol. The van der Waals surface area contributed by atoms with E-state index in [1.54, 1.807) is 6.20 Å². The standard InChI is InChI=1S/C15H21N3O4/c19-12-3-1-2-6-18(15(12)21)9-13(20)16-7-11-8-17-14(22-11)10-4-5-10/h8,10,12,19H,1-7,9H2,(H,16,20). The maximum absolute atomic E-state index is 12.0. The SMILES string of the molecule is O=C(CN1CCCCC(O)C1=O)NCc1cnc(C2CC2)o1. The largest absolute Gasteiger partial charge is 0.444 e. The molecule has 1 aromatic rings. The number of rotatable bonds is 5. The van der Waals surface area contributed by atoms with E-state index < -0.39 is 6.10 Å². The van der Waals surface area contributed by atoms with E-state index in [1.807, 2.05) is 0 Å². The monoisotopic (exact) mass is 307 g/mol. The van der Waals surface area contributed by atoms with Gasteiger partial charge in [0.2, 0.25) is 5.91 Å². The number of aliphatic hydroxyl groups excluding tert-OH is 1. The maximum atomic E-state index is 12.0. The zero-order valence-electron chi connectivity index (χ0n) is 12.5. The molecule has 22 heavy (non-hydrogen) atoms. The molecule has 2 heterocycles. The van der Waals surface area contributed by atoms with Crippen molar-refractivity contribution in [3.05, 3.63) is 17.8 Å². The van der Waals surface area contributed by atoms with E-state index in [0.717, 1.165) is 31.6 Å². The van der Waals surface area contributed by atoms with E-state index in [9.17, 15) is 14.7 Å². The summed E-state index contributed by atoms with van der Waals surface area (Å²) >= 11 is 0. The number of aromatic nitrogens is 1. The molecule has 2 aliphatic rings. The molecular weight excluding hydrogens is 286 g/mol. The van der Waals surface area contributed by atoms with Crippen molar-refractivity contribution in [2.75, 3.05) is 13.1 Å². The normalized spacial score (nSPS) is 22.5. The lowest BCUT2D eigenvalue weighted by atomic mass is 10.2. The number of carbonyl (C=O) groups excluding carboxylic acids is 2. The molecule has 7 nitrogen and oxygen atoms in total. The van der Waals surface area contributed by atoms with Crippen molar-refractivity contribution in [3.8, 4) is 0 Å². The number of carbonyl (C=O) groups is 2. The molecule has 0 spiro atoms. The van der Waals surface area contributed by atoms with Gasteiger partial charge in [0.25, 0.3) is 5.91 Å². The number of amides is 2. The number of aliphatic hydroxyl groups is 1. The van der Waals surface area contributed by atoms with E-state index in [2.05, 4.69) is 10.3 Å². The van der Waals surface area contributed by atoms with Crippen LogP contribution in [0.25, 0.3) is 0 Å². The number of likely N-dealkylation sites (tertiary alicyclic amines) is 1. The molecule has 0 bridgehead atoms. The van der Waals surface area contributed by atoms with Crippen LogP contribution in [-0.2, 0) is 16.1 Å². The maximum Gasteiger partial charge on any atom is 0.251 e. The molecule has 2 fully saturated rings. The first-order valence-electron chi connectivity index (χ1n) is 7.81. The van der Waals surface area contributed by atoms with E-state index in [4.69, 9.17) is 4.42 Å². The number of nitrogens with zero attached hydrogens (tertiary/aromatic N) is 2. The second-order valence-corrected chi connectivity index (χ2v) is 5.99. The van der Waals surface area contributed by atoms with Gasteiger partial charge in [-0.2, -0.15) is 0 Å². The number of hydrogen-bond acceptors (Lipinski definition) is 5. The lowest BCUT2D eigenvalue weighted by molar-refractivity contribution is -0.142. The average Bonchev–Trinajstić information content (AvgIpc) is 3.27. The van der Waals surface area contributed by atoms with Gasteiger partial charge in [-0.05, 0) is 32.1 Å². The summed E-state index contributed by atoms with van der Waals surface area (Å²) in [4.78, 5) is 29.5. The van der Waals surface area contributed by atoms with Crippen LogP contribution >= 0.6 is 0 Å². The molecular formula is C15H21N3O4. The Morgan fingerprint density at radius 3 is 3.00 bits per heavy atom. The minimum atomic E-state index is -0.981. The van der Waals surface area contributed by atoms with Crippen LogP contribution in [0, 0.1) is 0 Å². The first-order valence-corrected chi connectivity index (χ1v) is 7.81. The molecule has 1 saturated carbocycles. The smallest absolute Gasteiger partial charge is 0.251 e. The van der Waals surface area contributed by atoms with Gasteiger partial charge in [-0.3, -0.25) is 9.59 Å².